The second kappa shape index (κ2) is 26.6. The van der Waals surface area contributed by atoms with Gasteiger partial charge in [0.2, 0.25) is 0 Å². The Labute approximate surface area is 330 Å². The highest BCUT2D eigenvalue weighted by Crippen LogP contribution is 2.33. The van der Waals surface area contributed by atoms with Gasteiger partial charge in [-0.15, -0.1) is 0 Å². The average Bonchev–Trinajstić information content (AvgIpc) is 3.12. The summed E-state index contributed by atoms with van der Waals surface area (Å²) in [5.41, 5.74) is 0.622. The first-order valence-corrected chi connectivity index (χ1v) is 21.3. The van der Waals surface area contributed by atoms with Gasteiger partial charge >= 0.3 is 0 Å². The van der Waals surface area contributed by atoms with E-state index in [0.29, 0.717) is 49.2 Å². The van der Waals surface area contributed by atoms with Gasteiger partial charge in [0.15, 0.2) is 5.78 Å². The molecule has 3 N–H and O–H groups in total. The standard InChI is InChI=1S/C47H80O7/c1-11-27-47(53,46(52)40(9)48)39(8)22-17-13-15-20-33(2)19-14-12-16-21-34(3)28-36(5)44(50)32-45(51)38(7)30-37(6)43(49)26-25-35(4)29-41-23-18-24-42(31-41)54-10/h12,14,16,19,21,30,34-37,39,41-42,45-46,51-53H,11,13,15,17-18,20,22-29,31-32H2,1-10H3/b14-12+,21-16+,33-19+,38-30+/t34-,35+,36?,37-,39?,41?,42?,45?,46?,47?/m1/s1. The number of ether oxygens (including phenoxy) is 1. The zero-order chi connectivity index (χ0) is 40.8. The number of carbonyl (C=O) groups excluding carboxylic acids is 3. The molecule has 0 bridgehead atoms. The van der Waals surface area contributed by atoms with Crippen molar-refractivity contribution in [1.29, 1.82) is 0 Å². The molecular formula is C47H80O7. The van der Waals surface area contributed by atoms with Crippen molar-refractivity contribution in [2.75, 3.05) is 7.11 Å². The molecule has 0 aromatic heterocycles. The van der Waals surface area contributed by atoms with Crippen LogP contribution >= 0.6 is 0 Å². The first-order chi connectivity index (χ1) is 25.4. The Kier molecular flexibility index (Phi) is 24.6. The van der Waals surface area contributed by atoms with Crippen molar-refractivity contribution in [2.45, 2.75) is 189 Å². The van der Waals surface area contributed by atoms with Gasteiger partial charge in [0.25, 0.3) is 0 Å². The Bertz CT molecular complexity index is 1230. The number of unbranched alkanes of at least 4 members (excludes halogenated alkanes) is 2. The summed E-state index contributed by atoms with van der Waals surface area (Å²) in [6.45, 7) is 17.3. The molecule has 7 unspecified atom stereocenters. The Balaban J connectivity index is 2.41. The molecule has 1 saturated carbocycles. The molecule has 1 aliphatic carbocycles. The fourth-order valence-electron chi connectivity index (χ4n) is 8.20. The summed E-state index contributed by atoms with van der Waals surface area (Å²) in [4.78, 5) is 37.6. The molecule has 0 aromatic rings. The quantitative estimate of drug-likeness (QED) is 0.0413. The molecule has 0 radical (unpaired) electrons. The molecule has 1 rings (SSSR count). The third-order valence-electron chi connectivity index (χ3n) is 12.0. The minimum Gasteiger partial charge on any atom is -0.388 e. The lowest BCUT2D eigenvalue weighted by atomic mass is 9.76. The van der Waals surface area contributed by atoms with Gasteiger partial charge in [-0.2, -0.15) is 0 Å². The largest absolute Gasteiger partial charge is 0.388 e. The van der Waals surface area contributed by atoms with Crippen molar-refractivity contribution in [1.82, 2.24) is 0 Å². The van der Waals surface area contributed by atoms with E-state index in [9.17, 15) is 29.7 Å². The van der Waals surface area contributed by atoms with Crippen molar-refractivity contribution >= 4 is 17.3 Å². The number of methoxy groups -OCH3 is 1. The molecule has 0 amide bonds. The molecule has 1 aliphatic rings. The first kappa shape index (κ1) is 49.8. The molecule has 7 heteroatoms. The predicted molar refractivity (Wildman–Crippen MR) is 223 cm³/mol. The van der Waals surface area contributed by atoms with Crippen LogP contribution in [0.2, 0.25) is 0 Å². The van der Waals surface area contributed by atoms with Crippen LogP contribution in [0.15, 0.2) is 47.6 Å². The average molecular weight is 757 g/mol. The van der Waals surface area contributed by atoms with Gasteiger partial charge < -0.3 is 20.1 Å². The van der Waals surface area contributed by atoms with Crippen LogP contribution in [-0.4, -0.2) is 63.7 Å². The topological polar surface area (TPSA) is 121 Å². The Morgan fingerprint density at radius 2 is 1.59 bits per heavy atom. The first-order valence-electron chi connectivity index (χ1n) is 21.3. The second-order valence-corrected chi connectivity index (χ2v) is 17.3. The summed E-state index contributed by atoms with van der Waals surface area (Å²) < 4.78 is 5.58. The van der Waals surface area contributed by atoms with Crippen LogP contribution < -0.4 is 0 Å². The van der Waals surface area contributed by atoms with Crippen molar-refractivity contribution in [3.63, 3.8) is 0 Å². The fourth-order valence-corrected chi connectivity index (χ4v) is 8.20. The highest BCUT2D eigenvalue weighted by atomic mass is 16.5. The number of Topliss-reactive ketones (excluding diaryl/α,β-unsaturated/α-hetero) is 3. The third kappa shape index (κ3) is 19.1. The van der Waals surface area contributed by atoms with Crippen molar-refractivity contribution in [3.8, 4) is 0 Å². The van der Waals surface area contributed by atoms with E-state index in [1.165, 1.54) is 25.3 Å². The lowest BCUT2D eigenvalue weighted by molar-refractivity contribution is -0.152. The molecule has 7 nitrogen and oxygen atoms in total. The van der Waals surface area contributed by atoms with Crippen LogP contribution in [-0.2, 0) is 19.1 Å². The van der Waals surface area contributed by atoms with E-state index in [4.69, 9.17) is 4.74 Å². The van der Waals surface area contributed by atoms with Gasteiger partial charge in [0, 0.05) is 31.8 Å². The van der Waals surface area contributed by atoms with E-state index in [-0.39, 0.29) is 47.4 Å². The molecule has 0 saturated heterocycles. The molecule has 54 heavy (non-hydrogen) atoms. The molecule has 1 fully saturated rings. The molecule has 310 valence electrons. The lowest BCUT2D eigenvalue weighted by Crippen LogP contribution is -2.51. The number of allylic oxidation sites excluding steroid dienone is 7. The molecule has 0 heterocycles. The molecule has 0 spiro atoms. The highest BCUT2D eigenvalue weighted by molar-refractivity contribution is 5.83. The van der Waals surface area contributed by atoms with E-state index in [0.717, 1.165) is 57.8 Å². The number of hydrogen-bond acceptors (Lipinski definition) is 7. The highest BCUT2D eigenvalue weighted by Gasteiger charge is 2.42. The lowest BCUT2D eigenvalue weighted by Gasteiger charge is -2.37. The summed E-state index contributed by atoms with van der Waals surface area (Å²) in [5, 5.41) is 32.2. The van der Waals surface area contributed by atoms with Crippen LogP contribution in [0.3, 0.4) is 0 Å². The maximum absolute atomic E-state index is 13.0. The van der Waals surface area contributed by atoms with Crippen LogP contribution in [0.4, 0.5) is 0 Å². The maximum Gasteiger partial charge on any atom is 0.161 e. The summed E-state index contributed by atoms with van der Waals surface area (Å²) in [6, 6.07) is 0. The third-order valence-corrected chi connectivity index (χ3v) is 12.0. The fraction of sp³-hybridized carbons (Fsp3) is 0.766. The van der Waals surface area contributed by atoms with E-state index in [1.807, 2.05) is 58.9 Å². The van der Waals surface area contributed by atoms with Crippen LogP contribution in [0, 0.1) is 35.5 Å². The molecule has 10 atom stereocenters. The van der Waals surface area contributed by atoms with Gasteiger partial charge in [0.05, 0.1) is 12.2 Å². The van der Waals surface area contributed by atoms with Gasteiger partial charge in [-0.25, -0.2) is 0 Å². The zero-order valence-corrected chi connectivity index (χ0v) is 35.9. The molecule has 0 aromatic carbocycles. The van der Waals surface area contributed by atoms with E-state index in [2.05, 4.69) is 32.9 Å². The van der Waals surface area contributed by atoms with E-state index >= 15 is 0 Å². The summed E-state index contributed by atoms with van der Waals surface area (Å²) in [6.07, 6.45) is 24.3. The SMILES string of the molecule is CCCC(O)(C(C)CCCCC/C(C)=C/C=C/C=C/[C@@H](C)CC(C)C(=O)CC(O)/C(C)=C/[C@@H](C)C(=O)CC[C@H](C)CC1CCCC(OC)C1)C(O)C(C)=O. The van der Waals surface area contributed by atoms with E-state index in [1.54, 1.807) is 7.11 Å². The number of rotatable bonds is 28. The second-order valence-electron chi connectivity index (χ2n) is 17.3. The van der Waals surface area contributed by atoms with Crippen molar-refractivity contribution in [3.05, 3.63) is 47.6 Å². The molecule has 0 aliphatic heterocycles. The number of hydrogen-bond donors (Lipinski definition) is 3. The minimum atomic E-state index is -1.36. The smallest absolute Gasteiger partial charge is 0.161 e. The summed E-state index contributed by atoms with van der Waals surface area (Å²) in [7, 11) is 1.81. The van der Waals surface area contributed by atoms with Crippen molar-refractivity contribution in [2.24, 2.45) is 35.5 Å². The molecular weight excluding hydrogens is 677 g/mol. The minimum absolute atomic E-state index is 0.0376. The predicted octanol–water partition coefficient (Wildman–Crippen LogP) is 10.3. The van der Waals surface area contributed by atoms with Crippen LogP contribution in [0.5, 0.6) is 0 Å². The summed E-state index contributed by atoms with van der Waals surface area (Å²) >= 11 is 0. The van der Waals surface area contributed by atoms with Gasteiger partial charge in [-0.05, 0) is 108 Å². The number of ketones is 3. The van der Waals surface area contributed by atoms with Gasteiger partial charge in [-0.3, -0.25) is 14.4 Å². The van der Waals surface area contributed by atoms with Gasteiger partial charge in [0.1, 0.15) is 23.3 Å². The van der Waals surface area contributed by atoms with Crippen molar-refractivity contribution < 1.29 is 34.4 Å². The zero-order valence-electron chi connectivity index (χ0n) is 35.9. The van der Waals surface area contributed by atoms with E-state index < -0.39 is 17.8 Å². The monoisotopic (exact) mass is 757 g/mol. The number of carbonyl (C=O) groups is 3. The normalized spacial score (nSPS) is 22.4. The Hall–Kier alpha value is -2.19. The number of aliphatic hydroxyl groups is 3. The Morgan fingerprint density at radius 1 is 0.889 bits per heavy atom. The summed E-state index contributed by atoms with van der Waals surface area (Å²) in [5.74, 6) is 0.635. The van der Waals surface area contributed by atoms with Gasteiger partial charge in [-0.1, -0.05) is 116 Å². The Morgan fingerprint density at radius 3 is 2.24 bits per heavy atom. The maximum atomic E-state index is 13.0. The van der Waals surface area contributed by atoms with Crippen LogP contribution in [0.25, 0.3) is 0 Å². The van der Waals surface area contributed by atoms with Crippen LogP contribution in [0.1, 0.15) is 165 Å². The number of aliphatic hydroxyl groups excluding tert-OH is 2.